The number of hydrogen-bond donors (Lipinski definition) is 3. The molecule has 0 fully saturated rings. The van der Waals surface area contributed by atoms with Gasteiger partial charge in [-0.25, -0.2) is 0 Å². The summed E-state index contributed by atoms with van der Waals surface area (Å²) >= 11 is 17.7. The molecule has 1 aliphatic carbocycles. The van der Waals surface area contributed by atoms with E-state index in [2.05, 4.69) is 27.4 Å². The first-order valence-corrected chi connectivity index (χ1v) is 10.6. The second-order valence-electron chi connectivity index (χ2n) is 6.75. The molecular formula is C20H22Cl2N4O2S. The van der Waals surface area contributed by atoms with Crippen LogP contribution in [0.25, 0.3) is 11.3 Å². The molecule has 0 saturated carbocycles. The lowest BCUT2D eigenvalue weighted by atomic mass is 9.97. The van der Waals surface area contributed by atoms with Gasteiger partial charge in [0.2, 0.25) is 0 Å². The van der Waals surface area contributed by atoms with Gasteiger partial charge in [-0.1, -0.05) is 46.1 Å². The van der Waals surface area contributed by atoms with Crippen molar-refractivity contribution in [2.45, 2.75) is 39.0 Å². The van der Waals surface area contributed by atoms with E-state index in [4.69, 9.17) is 39.9 Å². The Kier molecular flexibility index (Phi) is 7.52. The molecule has 6 nitrogen and oxygen atoms in total. The number of carbonyl (C=O) groups excluding carboxylic acids is 1. The third kappa shape index (κ3) is 5.50. The molecule has 154 valence electrons. The van der Waals surface area contributed by atoms with E-state index >= 15 is 0 Å². The van der Waals surface area contributed by atoms with Crippen LogP contribution in [0.4, 0.5) is 0 Å². The third-order valence-corrected chi connectivity index (χ3v) is 5.57. The highest BCUT2D eigenvalue weighted by molar-refractivity contribution is 7.80. The van der Waals surface area contributed by atoms with Crippen molar-refractivity contribution in [1.82, 2.24) is 21.3 Å². The molecule has 0 unspecified atom stereocenters. The Balaban J connectivity index is 1.59. The van der Waals surface area contributed by atoms with Crippen LogP contribution < -0.4 is 16.2 Å². The summed E-state index contributed by atoms with van der Waals surface area (Å²) in [5.41, 5.74) is 7.70. The number of hydrazine groups is 1. The summed E-state index contributed by atoms with van der Waals surface area (Å²) in [5, 5.41) is 8.15. The van der Waals surface area contributed by atoms with E-state index in [0.717, 1.165) is 19.3 Å². The Morgan fingerprint density at radius 1 is 1.24 bits per heavy atom. The second kappa shape index (κ2) is 10.1. The summed E-state index contributed by atoms with van der Waals surface area (Å²) in [7, 11) is 0. The number of thiocarbonyl (C=S) groups is 1. The van der Waals surface area contributed by atoms with Crippen molar-refractivity contribution in [2.24, 2.45) is 0 Å². The van der Waals surface area contributed by atoms with Crippen LogP contribution in [0.2, 0.25) is 10.0 Å². The molecular weight excluding hydrogens is 431 g/mol. The highest BCUT2D eigenvalue weighted by Crippen LogP contribution is 2.36. The first-order chi connectivity index (χ1) is 14.0. The molecule has 0 atom stereocenters. The summed E-state index contributed by atoms with van der Waals surface area (Å²) in [6, 6.07) is 5.07. The maximum atomic E-state index is 12.7. The highest BCUT2D eigenvalue weighted by atomic mass is 35.5. The number of nitrogens with one attached hydrogen (secondary N) is 3. The summed E-state index contributed by atoms with van der Waals surface area (Å²) in [5.74, 6) is -0.104. The van der Waals surface area contributed by atoms with Gasteiger partial charge < -0.3 is 9.84 Å². The topological polar surface area (TPSA) is 79.2 Å². The number of hydrogen-bond acceptors (Lipinski definition) is 4. The van der Waals surface area contributed by atoms with Crippen LogP contribution >= 0.6 is 35.4 Å². The number of benzene rings is 1. The molecule has 9 heteroatoms. The molecule has 1 aliphatic rings. The lowest BCUT2D eigenvalue weighted by Crippen LogP contribution is -2.47. The van der Waals surface area contributed by atoms with Crippen molar-refractivity contribution < 1.29 is 9.32 Å². The zero-order valence-electron chi connectivity index (χ0n) is 16.0. The lowest BCUT2D eigenvalue weighted by molar-refractivity contribution is 0.0942. The molecule has 0 radical (unpaired) electrons. The van der Waals surface area contributed by atoms with Crippen molar-refractivity contribution in [1.29, 1.82) is 0 Å². The van der Waals surface area contributed by atoms with Crippen molar-refractivity contribution in [3.05, 3.63) is 51.2 Å². The largest absolute Gasteiger partial charge is 0.361 e. The molecule has 1 heterocycles. The van der Waals surface area contributed by atoms with E-state index in [-0.39, 0.29) is 11.3 Å². The average molecular weight is 453 g/mol. The fraction of sp³-hybridized carbons (Fsp3) is 0.350. The smallest absolute Gasteiger partial charge is 0.275 e. The lowest BCUT2D eigenvalue weighted by Gasteiger charge is -2.15. The molecule has 0 bridgehead atoms. The fourth-order valence-corrected chi connectivity index (χ4v) is 3.95. The molecule has 0 spiro atoms. The zero-order chi connectivity index (χ0) is 20.8. The van der Waals surface area contributed by atoms with E-state index in [9.17, 15) is 4.79 Å². The van der Waals surface area contributed by atoms with E-state index in [1.54, 1.807) is 25.1 Å². The highest BCUT2D eigenvalue weighted by Gasteiger charge is 2.24. The minimum Gasteiger partial charge on any atom is -0.361 e. The number of aromatic nitrogens is 1. The monoisotopic (exact) mass is 452 g/mol. The summed E-state index contributed by atoms with van der Waals surface area (Å²) in [6.45, 7) is 2.35. The molecule has 2 aromatic rings. The maximum Gasteiger partial charge on any atom is 0.275 e. The van der Waals surface area contributed by atoms with Gasteiger partial charge in [-0.05, 0) is 63.4 Å². The Morgan fingerprint density at radius 3 is 2.69 bits per heavy atom. The van der Waals surface area contributed by atoms with Gasteiger partial charge in [0.15, 0.2) is 5.11 Å². The third-order valence-electron chi connectivity index (χ3n) is 4.70. The van der Waals surface area contributed by atoms with E-state index in [1.807, 2.05) is 0 Å². The normalized spacial score (nSPS) is 13.6. The predicted molar refractivity (Wildman–Crippen MR) is 119 cm³/mol. The van der Waals surface area contributed by atoms with Gasteiger partial charge >= 0.3 is 0 Å². The standard InChI is InChI=1S/C20H22Cl2N4O2S/c1-12-16(18(26-28-12)17-14(21)8-5-9-15(17)22)19(27)24-25-20(29)23-11-10-13-6-3-2-4-7-13/h5-6,8-9H,2-4,7,10-11H2,1H3,(H,24,27)(H2,23,25,29). The van der Waals surface area contributed by atoms with Crippen LogP contribution in [0, 0.1) is 6.92 Å². The molecule has 1 aromatic heterocycles. The summed E-state index contributed by atoms with van der Waals surface area (Å²) < 4.78 is 5.21. The second-order valence-corrected chi connectivity index (χ2v) is 7.97. The number of allylic oxidation sites excluding steroid dienone is 1. The van der Waals surface area contributed by atoms with Crippen LogP contribution in [-0.2, 0) is 0 Å². The molecule has 1 aromatic carbocycles. The van der Waals surface area contributed by atoms with Gasteiger partial charge in [0, 0.05) is 12.1 Å². The van der Waals surface area contributed by atoms with Gasteiger partial charge in [-0.2, -0.15) is 0 Å². The van der Waals surface area contributed by atoms with E-state index < -0.39 is 5.91 Å². The number of aryl methyl sites for hydroxylation is 1. The Hall–Kier alpha value is -2.09. The Bertz CT molecular complexity index is 922. The number of halogens is 2. The average Bonchev–Trinajstić information content (AvgIpc) is 3.08. The van der Waals surface area contributed by atoms with Crippen molar-refractivity contribution >= 4 is 46.4 Å². The van der Waals surface area contributed by atoms with Crippen LogP contribution in [0.1, 0.15) is 48.2 Å². The van der Waals surface area contributed by atoms with Gasteiger partial charge in [-0.3, -0.25) is 15.6 Å². The van der Waals surface area contributed by atoms with Crippen molar-refractivity contribution in [3.63, 3.8) is 0 Å². The molecule has 0 saturated heterocycles. The zero-order valence-corrected chi connectivity index (χ0v) is 18.3. The minimum absolute atomic E-state index is 0.239. The van der Waals surface area contributed by atoms with Crippen LogP contribution in [0.15, 0.2) is 34.4 Å². The molecule has 3 rings (SSSR count). The van der Waals surface area contributed by atoms with Crippen LogP contribution in [0.5, 0.6) is 0 Å². The summed E-state index contributed by atoms with van der Waals surface area (Å²) in [6.07, 6.45) is 8.07. The van der Waals surface area contributed by atoms with Gasteiger partial charge in [0.05, 0.1) is 10.0 Å². The predicted octanol–water partition coefficient (Wildman–Crippen LogP) is 4.96. The number of carbonyl (C=O) groups is 1. The van der Waals surface area contributed by atoms with E-state index in [0.29, 0.717) is 33.0 Å². The first-order valence-electron chi connectivity index (χ1n) is 9.40. The number of nitrogens with zero attached hydrogens (tertiary/aromatic N) is 1. The maximum absolute atomic E-state index is 12.7. The van der Waals surface area contributed by atoms with Crippen LogP contribution in [0.3, 0.4) is 0 Å². The molecule has 3 N–H and O–H groups in total. The minimum atomic E-state index is -0.450. The van der Waals surface area contributed by atoms with E-state index in [1.165, 1.54) is 18.4 Å². The van der Waals surface area contributed by atoms with Gasteiger partial charge in [0.1, 0.15) is 17.0 Å². The number of amides is 1. The molecule has 0 aliphatic heterocycles. The SMILES string of the molecule is Cc1onc(-c2c(Cl)cccc2Cl)c1C(=O)NNC(=S)NCCC1=CCCCC1. The van der Waals surface area contributed by atoms with Gasteiger partial charge in [0.25, 0.3) is 5.91 Å². The first kappa shape index (κ1) is 21.6. The summed E-state index contributed by atoms with van der Waals surface area (Å²) in [4.78, 5) is 12.7. The van der Waals surface area contributed by atoms with Crippen molar-refractivity contribution in [2.75, 3.05) is 6.54 Å². The number of rotatable bonds is 5. The quantitative estimate of drug-likeness (QED) is 0.338. The van der Waals surface area contributed by atoms with Crippen LogP contribution in [-0.4, -0.2) is 22.7 Å². The Labute approximate surface area is 185 Å². The molecule has 29 heavy (non-hydrogen) atoms. The fourth-order valence-electron chi connectivity index (χ4n) is 3.22. The van der Waals surface area contributed by atoms with Gasteiger partial charge in [-0.15, -0.1) is 0 Å². The molecule has 1 amide bonds. The van der Waals surface area contributed by atoms with Crippen molar-refractivity contribution in [3.8, 4) is 11.3 Å². The Morgan fingerprint density at radius 2 is 2.00 bits per heavy atom.